The molecule has 1 aromatic heterocycles. The van der Waals surface area contributed by atoms with Crippen LogP contribution in [0.15, 0.2) is 45.7 Å². The van der Waals surface area contributed by atoms with Crippen molar-refractivity contribution in [1.29, 1.82) is 0 Å². The topological polar surface area (TPSA) is 120 Å². The van der Waals surface area contributed by atoms with Crippen LogP contribution in [-0.2, 0) is 10.0 Å². The molecule has 1 fully saturated rings. The highest BCUT2D eigenvalue weighted by atomic mass is 32.2. The van der Waals surface area contributed by atoms with Crippen molar-refractivity contribution in [3.8, 4) is 0 Å². The van der Waals surface area contributed by atoms with Crippen molar-refractivity contribution in [2.75, 3.05) is 18.4 Å². The van der Waals surface area contributed by atoms with Crippen LogP contribution in [-0.4, -0.2) is 41.9 Å². The molecule has 1 saturated heterocycles. The number of carbonyl (C=O) groups is 1. The largest absolute Gasteiger partial charge is 0.480 e. The zero-order valence-electron chi connectivity index (χ0n) is 17.2. The minimum absolute atomic E-state index is 0.160. The molecule has 1 aromatic carbocycles. The second-order valence-corrected chi connectivity index (χ2v) is 10.4. The van der Waals surface area contributed by atoms with Crippen LogP contribution < -0.4 is 5.32 Å². The van der Waals surface area contributed by atoms with E-state index in [1.165, 1.54) is 34.6 Å². The van der Waals surface area contributed by atoms with E-state index in [9.17, 15) is 18.1 Å². The summed E-state index contributed by atoms with van der Waals surface area (Å²) in [5.41, 5.74) is 0.527. The number of hydrogen-bond acceptors (Lipinski definition) is 5. The fraction of sp³-hybridized carbons (Fsp3) is 0.450. The van der Waals surface area contributed by atoms with Gasteiger partial charge in [0.05, 0.1) is 15.9 Å². The first kappa shape index (κ1) is 22.0. The van der Waals surface area contributed by atoms with Crippen molar-refractivity contribution in [2.45, 2.75) is 38.5 Å². The van der Waals surface area contributed by atoms with E-state index in [1.807, 2.05) is 0 Å². The minimum atomic E-state index is -3.60. The summed E-state index contributed by atoms with van der Waals surface area (Å²) in [5.74, 6) is -0.735. The zero-order valence-corrected chi connectivity index (χ0v) is 18.0. The van der Waals surface area contributed by atoms with E-state index >= 15 is 0 Å². The molecular formula is C20H26N3O6S+. The SMILES string of the molecule is CC(C)(C)C1CCN(S(=O)(=O)c2ccc(NC(=O)c3ccc([N+](=O)O)o3)cc2)CC1. The molecule has 0 radical (unpaired) electrons. The lowest BCUT2D eigenvalue weighted by molar-refractivity contribution is -0.737. The van der Waals surface area contributed by atoms with Crippen molar-refractivity contribution < 1.29 is 27.8 Å². The minimum Gasteiger partial charge on any atom is -0.393 e. The van der Waals surface area contributed by atoms with E-state index in [0.29, 0.717) is 24.7 Å². The second kappa shape index (κ2) is 8.19. The highest BCUT2D eigenvalue weighted by Crippen LogP contribution is 2.35. The van der Waals surface area contributed by atoms with E-state index in [-0.39, 0.29) is 16.1 Å². The number of rotatable bonds is 5. The van der Waals surface area contributed by atoms with Gasteiger partial charge in [-0.25, -0.2) is 13.6 Å². The summed E-state index contributed by atoms with van der Waals surface area (Å²) in [5, 5.41) is 11.3. The van der Waals surface area contributed by atoms with E-state index in [1.54, 1.807) is 0 Å². The molecule has 1 aliphatic rings. The normalized spacial score (nSPS) is 16.4. The summed E-state index contributed by atoms with van der Waals surface area (Å²) < 4.78 is 32.3. The van der Waals surface area contributed by atoms with Gasteiger partial charge in [0.25, 0.3) is 10.8 Å². The summed E-state index contributed by atoms with van der Waals surface area (Å²) in [6, 6.07) is 8.26. The maximum Gasteiger partial charge on any atom is 0.480 e. The lowest BCUT2D eigenvalue weighted by Crippen LogP contribution is -2.41. The van der Waals surface area contributed by atoms with Crippen molar-refractivity contribution >= 4 is 27.5 Å². The van der Waals surface area contributed by atoms with Crippen LogP contribution in [0.1, 0.15) is 44.2 Å². The van der Waals surface area contributed by atoms with Gasteiger partial charge < -0.3 is 9.73 Å². The van der Waals surface area contributed by atoms with E-state index < -0.39 is 26.7 Å². The molecule has 162 valence electrons. The molecule has 0 spiro atoms. The van der Waals surface area contributed by atoms with Gasteiger partial charge in [-0.05, 0) is 54.5 Å². The Kier molecular flexibility index (Phi) is 6.00. The van der Waals surface area contributed by atoms with E-state index in [2.05, 4.69) is 26.1 Å². The molecule has 0 bridgehead atoms. The van der Waals surface area contributed by atoms with E-state index in [4.69, 9.17) is 9.62 Å². The van der Waals surface area contributed by atoms with Gasteiger partial charge in [-0.15, -0.1) is 0 Å². The first-order chi connectivity index (χ1) is 14.0. The molecule has 0 saturated carbocycles. The Morgan fingerprint density at radius 3 is 2.23 bits per heavy atom. The number of nitrogens with zero attached hydrogens (tertiary/aromatic N) is 2. The number of anilines is 1. The number of piperidine rings is 1. The van der Waals surface area contributed by atoms with Gasteiger partial charge >= 0.3 is 5.88 Å². The van der Waals surface area contributed by atoms with Gasteiger partial charge in [-0.3, -0.25) is 4.79 Å². The Morgan fingerprint density at radius 1 is 1.13 bits per heavy atom. The third-order valence-electron chi connectivity index (χ3n) is 5.43. The standard InChI is InChI=1S/C20H25N3O6S/c1-20(2,3)14-10-12-22(13-11-14)30(27,28)16-6-4-15(5-7-16)21-19(24)17-8-9-18(29-17)23(25)26/h4-9,14H,10-13H2,1-3H3,(H-,21,24,25,26)/p+1. The van der Waals surface area contributed by atoms with Crippen LogP contribution in [0.5, 0.6) is 0 Å². The van der Waals surface area contributed by atoms with Gasteiger partial charge in [0.1, 0.15) is 0 Å². The average molecular weight is 437 g/mol. The first-order valence-electron chi connectivity index (χ1n) is 9.66. The molecule has 2 N–H and O–H groups in total. The Labute approximate surface area is 175 Å². The van der Waals surface area contributed by atoms with Crippen molar-refractivity contribution in [2.24, 2.45) is 11.3 Å². The Morgan fingerprint density at radius 2 is 1.73 bits per heavy atom. The Bertz CT molecular complexity index is 1030. The third kappa shape index (κ3) is 4.71. The quantitative estimate of drug-likeness (QED) is 0.688. The molecule has 30 heavy (non-hydrogen) atoms. The predicted molar refractivity (Wildman–Crippen MR) is 109 cm³/mol. The fourth-order valence-electron chi connectivity index (χ4n) is 3.57. The number of amides is 1. The molecule has 9 nitrogen and oxygen atoms in total. The molecule has 10 heteroatoms. The monoisotopic (exact) mass is 436 g/mol. The molecular weight excluding hydrogens is 410 g/mol. The summed E-state index contributed by atoms with van der Waals surface area (Å²) in [6.45, 7) is 7.52. The fourth-order valence-corrected chi connectivity index (χ4v) is 5.04. The lowest BCUT2D eigenvalue weighted by atomic mass is 9.76. The third-order valence-corrected chi connectivity index (χ3v) is 7.35. The van der Waals surface area contributed by atoms with Crippen LogP contribution in [0, 0.1) is 16.2 Å². The summed E-state index contributed by atoms with van der Waals surface area (Å²) in [4.78, 5) is 22.6. The van der Waals surface area contributed by atoms with Crippen molar-refractivity contribution in [3.63, 3.8) is 0 Å². The van der Waals surface area contributed by atoms with Crippen LogP contribution >= 0.6 is 0 Å². The maximum absolute atomic E-state index is 12.9. The Hall–Kier alpha value is -2.72. The van der Waals surface area contributed by atoms with Crippen LogP contribution in [0.2, 0.25) is 0 Å². The number of furan rings is 1. The molecule has 0 aliphatic carbocycles. The first-order valence-corrected chi connectivity index (χ1v) is 11.1. The van der Waals surface area contributed by atoms with Gasteiger partial charge in [0.15, 0.2) is 5.76 Å². The predicted octanol–water partition coefficient (Wildman–Crippen LogP) is 3.78. The van der Waals surface area contributed by atoms with Gasteiger partial charge in [0, 0.05) is 18.8 Å². The lowest BCUT2D eigenvalue weighted by Gasteiger charge is -2.38. The summed E-state index contributed by atoms with van der Waals surface area (Å²) in [6.07, 6.45) is 1.66. The second-order valence-electron chi connectivity index (χ2n) is 8.43. The number of hydrogen-bond donors (Lipinski definition) is 2. The maximum atomic E-state index is 12.9. The highest BCUT2D eigenvalue weighted by molar-refractivity contribution is 7.89. The average Bonchev–Trinajstić information content (AvgIpc) is 3.19. The molecule has 1 amide bonds. The summed E-state index contributed by atoms with van der Waals surface area (Å²) in [7, 11) is -3.60. The number of sulfonamides is 1. The molecule has 2 heterocycles. The smallest absolute Gasteiger partial charge is 0.393 e. The van der Waals surface area contributed by atoms with Crippen molar-refractivity contribution in [3.05, 3.63) is 47.1 Å². The molecule has 1 aliphatic heterocycles. The number of benzene rings is 1. The van der Waals surface area contributed by atoms with Crippen LogP contribution in [0.25, 0.3) is 0 Å². The Balaban J connectivity index is 1.66. The van der Waals surface area contributed by atoms with Gasteiger partial charge in [-0.1, -0.05) is 20.8 Å². The molecule has 0 atom stereocenters. The van der Waals surface area contributed by atoms with Gasteiger partial charge in [0.2, 0.25) is 10.0 Å². The molecule has 2 aromatic rings. The summed E-state index contributed by atoms with van der Waals surface area (Å²) >= 11 is 0. The van der Waals surface area contributed by atoms with Crippen molar-refractivity contribution in [1.82, 2.24) is 4.31 Å². The molecule has 0 unspecified atom stereocenters. The molecule has 3 rings (SSSR count). The number of carbonyl (C=O) groups excluding carboxylic acids is 1. The van der Waals surface area contributed by atoms with Crippen LogP contribution in [0.3, 0.4) is 0 Å². The zero-order chi connectivity index (χ0) is 22.1. The number of nitrogens with one attached hydrogen (secondary N) is 1. The van der Waals surface area contributed by atoms with Crippen LogP contribution in [0.4, 0.5) is 11.6 Å². The van der Waals surface area contributed by atoms with E-state index in [0.717, 1.165) is 18.9 Å². The highest BCUT2D eigenvalue weighted by Gasteiger charge is 2.34. The van der Waals surface area contributed by atoms with Gasteiger partial charge in [-0.2, -0.15) is 4.31 Å².